The highest BCUT2D eigenvalue weighted by Crippen LogP contribution is 2.53. The Bertz CT molecular complexity index is 4150. The second kappa shape index (κ2) is 16.7. The van der Waals surface area contributed by atoms with Gasteiger partial charge >= 0.3 is 0 Å². The average molecular weight is 917 g/mol. The average Bonchev–Trinajstić information content (AvgIpc) is 3.43. The van der Waals surface area contributed by atoms with Crippen molar-refractivity contribution in [2.24, 2.45) is 0 Å². The van der Waals surface area contributed by atoms with E-state index < -0.39 is 0 Å². The fourth-order valence-corrected chi connectivity index (χ4v) is 11.7. The van der Waals surface area contributed by atoms with Gasteiger partial charge in [0.05, 0.1) is 22.7 Å². The summed E-state index contributed by atoms with van der Waals surface area (Å²) in [4.78, 5) is 5.04. The monoisotopic (exact) mass is 916 g/mol. The van der Waals surface area contributed by atoms with Gasteiger partial charge in [0.15, 0.2) is 0 Å². The van der Waals surface area contributed by atoms with Crippen molar-refractivity contribution in [1.82, 2.24) is 0 Å². The third-order valence-corrected chi connectivity index (χ3v) is 15.0. The highest BCUT2D eigenvalue weighted by molar-refractivity contribution is 6.33. The van der Waals surface area contributed by atoms with Crippen LogP contribution < -0.4 is 9.80 Å². The fraction of sp³-hybridized carbons (Fsp3) is 0.0286. The lowest BCUT2D eigenvalue weighted by atomic mass is 9.84. The quantitative estimate of drug-likeness (QED) is 0.140. The van der Waals surface area contributed by atoms with Crippen LogP contribution in [0.1, 0.15) is 11.1 Å². The second-order valence-electron chi connectivity index (χ2n) is 19.4. The first-order valence-corrected chi connectivity index (χ1v) is 25.0. The van der Waals surface area contributed by atoms with E-state index in [2.05, 4.69) is 278 Å². The van der Waals surface area contributed by atoms with E-state index in [1.54, 1.807) is 0 Å². The van der Waals surface area contributed by atoms with Gasteiger partial charge in [0, 0.05) is 43.7 Å². The zero-order chi connectivity index (χ0) is 47.9. The highest BCUT2D eigenvalue weighted by Gasteiger charge is 2.27. The number of hydrogen-bond donors (Lipinski definition) is 0. The third-order valence-electron chi connectivity index (χ3n) is 15.0. The predicted molar refractivity (Wildman–Crippen MR) is 310 cm³/mol. The fourth-order valence-electron chi connectivity index (χ4n) is 11.7. The van der Waals surface area contributed by atoms with Gasteiger partial charge in [-0.05, 0) is 151 Å². The van der Waals surface area contributed by atoms with Crippen molar-refractivity contribution in [1.29, 1.82) is 0 Å². The van der Waals surface area contributed by atoms with Crippen LogP contribution in [0.5, 0.6) is 0 Å². The summed E-state index contributed by atoms with van der Waals surface area (Å²) in [6.07, 6.45) is 0. The van der Waals surface area contributed by atoms with Crippen LogP contribution in [-0.2, 0) is 0 Å². The first-order chi connectivity index (χ1) is 35.5. The topological polar surface area (TPSA) is 6.48 Å². The zero-order valence-electron chi connectivity index (χ0n) is 40.1. The summed E-state index contributed by atoms with van der Waals surface area (Å²) >= 11 is 0. The Balaban J connectivity index is 1.17. The van der Waals surface area contributed by atoms with Crippen molar-refractivity contribution >= 4 is 110 Å². The number of fused-ring (bicyclic) bond motifs is 4. The minimum absolute atomic E-state index is 1.12. The summed E-state index contributed by atoms with van der Waals surface area (Å²) in [5.74, 6) is 0. The third kappa shape index (κ3) is 6.79. The Morgan fingerprint density at radius 2 is 0.611 bits per heavy atom. The van der Waals surface area contributed by atoms with E-state index in [0.717, 1.165) is 34.1 Å². The first kappa shape index (κ1) is 41.7. The van der Waals surface area contributed by atoms with Crippen LogP contribution in [0.25, 0.3) is 97.7 Å². The van der Waals surface area contributed by atoms with E-state index in [-0.39, 0.29) is 0 Å². The molecule has 2 heteroatoms. The maximum absolute atomic E-state index is 2.52. The summed E-state index contributed by atoms with van der Waals surface area (Å²) in [5, 5.41) is 17.0. The molecule has 72 heavy (non-hydrogen) atoms. The van der Waals surface area contributed by atoms with Gasteiger partial charge in [0.25, 0.3) is 0 Å². The summed E-state index contributed by atoms with van der Waals surface area (Å²) in [6, 6.07) is 95.0. The minimum Gasteiger partial charge on any atom is -0.309 e. The van der Waals surface area contributed by atoms with E-state index >= 15 is 0 Å². The van der Waals surface area contributed by atoms with Gasteiger partial charge in [-0.3, -0.25) is 0 Å². The lowest BCUT2D eigenvalue weighted by Crippen LogP contribution is -2.13. The molecule has 0 heterocycles. The maximum Gasteiger partial charge on any atom is 0.0547 e. The van der Waals surface area contributed by atoms with Gasteiger partial charge in [0.1, 0.15) is 0 Å². The molecule has 14 rings (SSSR count). The van der Waals surface area contributed by atoms with E-state index in [9.17, 15) is 0 Å². The largest absolute Gasteiger partial charge is 0.309 e. The molecule has 0 amide bonds. The summed E-state index contributed by atoms with van der Waals surface area (Å²) < 4.78 is 0. The Morgan fingerprint density at radius 1 is 0.236 bits per heavy atom. The smallest absolute Gasteiger partial charge is 0.0547 e. The number of hydrogen-bond acceptors (Lipinski definition) is 2. The van der Waals surface area contributed by atoms with Crippen molar-refractivity contribution in [3.8, 4) is 22.3 Å². The molecule has 0 aromatic heterocycles. The molecular weight excluding hydrogens is 869 g/mol. The lowest BCUT2D eigenvalue weighted by molar-refractivity contribution is 1.29. The highest BCUT2D eigenvalue weighted by atomic mass is 15.2. The number of anilines is 6. The van der Waals surface area contributed by atoms with E-state index in [1.807, 2.05) is 0 Å². The Kier molecular flexibility index (Phi) is 9.69. The molecule has 0 atom stereocenters. The predicted octanol–water partition coefficient (Wildman–Crippen LogP) is 20.1. The molecule has 0 N–H and O–H groups in total. The van der Waals surface area contributed by atoms with Crippen LogP contribution in [-0.4, -0.2) is 0 Å². The number of rotatable bonds is 8. The van der Waals surface area contributed by atoms with E-state index in [4.69, 9.17) is 0 Å². The number of aryl methyl sites for hydroxylation is 2. The molecular formula is C70H48N2. The standard InChI is InChI=1S/C70H48N2/c1-45-15-11-25-55(39-45)71(65-29-13-23-49-19-7-9-27-57(49)65)67-43-63(53-33-31-47-17-3-5-21-51(47)41-53)59-36-38-62-68(72(56-26-12-16-46(2)40-56)66-30-14-24-50-20-8-10-28-58(50)66)44-64(60-35-37-61(67)69(59)70(60)62)54-34-32-48-18-4-6-22-52(48)42-54/h3-44H,1-2H3. The van der Waals surface area contributed by atoms with Crippen molar-refractivity contribution in [2.75, 3.05) is 9.80 Å². The Morgan fingerprint density at radius 3 is 1.06 bits per heavy atom. The molecule has 0 fully saturated rings. The summed E-state index contributed by atoms with van der Waals surface area (Å²) in [5.41, 5.74) is 13.9. The Labute approximate surface area is 419 Å². The first-order valence-electron chi connectivity index (χ1n) is 25.0. The molecule has 14 aromatic rings. The van der Waals surface area contributed by atoms with Gasteiger partial charge in [-0.2, -0.15) is 0 Å². The van der Waals surface area contributed by atoms with Gasteiger partial charge in [-0.1, -0.05) is 194 Å². The molecule has 0 saturated carbocycles. The molecule has 0 bridgehead atoms. The molecule has 0 aliphatic carbocycles. The van der Waals surface area contributed by atoms with Gasteiger partial charge in [-0.15, -0.1) is 0 Å². The molecule has 14 aromatic carbocycles. The molecule has 338 valence electrons. The van der Waals surface area contributed by atoms with Crippen LogP contribution >= 0.6 is 0 Å². The molecule has 0 unspecified atom stereocenters. The van der Waals surface area contributed by atoms with Gasteiger partial charge < -0.3 is 9.80 Å². The molecule has 0 radical (unpaired) electrons. The summed E-state index contributed by atoms with van der Waals surface area (Å²) in [6.45, 7) is 4.39. The van der Waals surface area contributed by atoms with Crippen molar-refractivity contribution in [2.45, 2.75) is 13.8 Å². The van der Waals surface area contributed by atoms with Crippen LogP contribution in [0.4, 0.5) is 34.1 Å². The summed E-state index contributed by atoms with van der Waals surface area (Å²) in [7, 11) is 0. The van der Waals surface area contributed by atoms with Crippen molar-refractivity contribution < 1.29 is 0 Å². The van der Waals surface area contributed by atoms with Gasteiger partial charge in [-0.25, -0.2) is 0 Å². The molecule has 0 aliphatic rings. The molecule has 0 spiro atoms. The maximum atomic E-state index is 2.52. The van der Waals surface area contributed by atoms with E-state index in [1.165, 1.54) is 109 Å². The zero-order valence-corrected chi connectivity index (χ0v) is 40.1. The van der Waals surface area contributed by atoms with Gasteiger partial charge in [0.2, 0.25) is 0 Å². The lowest BCUT2D eigenvalue weighted by Gasteiger charge is -2.32. The minimum atomic E-state index is 1.12. The van der Waals surface area contributed by atoms with E-state index in [0.29, 0.717) is 0 Å². The van der Waals surface area contributed by atoms with Crippen LogP contribution in [0.3, 0.4) is 0 Å². The van der Waals surface area contributed by atoms with Crippen LogP contribution in [0, 0.1) is 13.8 Å². The SMILES string of the molecule is Cc1cccc(N(c2cccc3ccccc23)c2cc(-c3ccc4ccccc4c3)c3ccc4c(N(c5cccc(C)c5)c5cccc6ccccc56)cc(-c5ccc6ccccc6c5)c5ccc2c3c54)c1. The normalized spacial score (nSPS) is 11.8. The van der Waals surface area contributed by atoms with Crippen LogP contribution in [0.2, 0.25) is 0 Å². The molecule has 0 aliphatic heterocycles. The molecule has 2 nitrogen and oxygen atoms in total. The number of benzene rings is 14. The Hall–Kier alpha value is -9.24. The van der Waals surface area contributed by atoms with Crippen LogP contribution in [0.15, 0.2) is 255 Å². The number of nitrogens with zero attached hydrogens (tertiary/aromatic N) is 2. The molecule has 0 saturated heterocycles. The second-order valence-corrected chi connectivity index (χ2v) is 19.4. The van der Waals surface area contributed by atoms with Crippen molar-refractivity contribution in [3.63, 3.8) is 0 Å². The van der Waals surface area contributed by atoms with Crippen molar-refractivity contribution in [3.05, 3.63) is 266 Å².